The van der Waals surface area contributed by atoms with Gasteiger partial charge in [-0.15, -0.1) is 0 Å². The van der Waals surface area contributed by atoms with Gasteiger partial charge >= 0.3 is 0 Å². The molecule has 0 N–H and O–H groups in total. The minimum atomic E-state index is -0.0512. The normalized spacial score (nSPS) is 10.6. The largest absolute Gasteiger partial charge is 0.383 e. The predicted molar refractivity (Wildman–Crippen MR) is 94.4 cm³/mol. The van der Waals surface area contributed by atoms with Gasteiger partial charge in [-0.2, -0.15) is 0 Å². The van der Waals surface area contributed by atoms with Crippen LogP contribution < -0.4 is 0 Å². The first-order chi connectivity index (χ1) is 12.3. The number of pyridine rings is 1. The molecule has 1 amide bonds. The number of nitrogens with zero attached hydrogens (tertiary/aromatic N) is 4. The lowest BCUT2D eigenvalue weighted by atomic mass is 10.1. The van der Waals surface area contributed by atoms with Crippen molar-refractivity contribution in [1.82, 2.24) is 19.4 Å². The standard InChI is InChI=1S/C19H20N4O2/c1-25-12-11-22(14-17-6-2-3-8-21-17)19(24)16-5-4-7-18(13-16)23-10-9-20-15-23/h2-10,13,15H,11-12,14H2,1H3. The summed E-state index contributed by atoms with van der Waals surface area (Å²) >= 11 is 0. The zero-order valence-corrected chi connectivity index (χ0v) is 14.1. The van der Waals surface area contributed by atoms with Gasteiger partial charge in [0.05, 0.1) is 25.2 Å². The van der Waals surface area contributed by atoms with Gasteiger partial charge in [0.15, 0.2) is 0 Å². The zero-order valence-electron chi connectivity index (χ0n) is 14.1. The molecule has 3 rings (SSSR count). The highest BCUT2D eigenvalue weighted by Gasteiger charge is 2.17. The number of amides is 1. The van der Waals surface area contributed by atoms with Crippen LogP contribution in [0.3, 0.4) is 0 Å². The molecule has 0 saturated heterocycles. The van der Waals surface area contributed by atoms with Crippen LogP contribution in [-0.4, -0.2) is 45.6 Å². The van der Waals surface area contributed by atoms with E-state index in [9.17, 15) is 4.79 Å². The molecule has 6 heteroatoms. The van der Waals surface area contributed by atoms with Gasteiger partial charge < -0.3 is 14.2 Å². The van der Waals surface area contributed by atoms with Crippen molar-refractivity contribution in [3.05, 3.63) is 78.6 Å². The summed E-state index contributed by atoms with van der Waals surface area (Å²) in [4.78, 5) is 23.1. The van der Waals surface area contributed by atoms with Crippen molar-refractivity contribution >= 4 is 5.91 Å². The molecule has 0 atom stereocenters. The Morgan fingerprint density at radius 2 is 2.12 bits per heavy atom. The molecule has 0 fully saturated rings. The lowest BCUT2D eigenvalue weighted by molar-refractivity contribution is 0.0678. The van der Waals surface area contributed by atoms with Crippen LogP contribution in [-0.2, 0) is 11.3 Å². The van der Waals surface area contributed by atoms with Crippen LogP contribution in [0.15, 0.2) is 67.4 Å². The Morgan fingerprint density at radius 1 is 1.20 bits per heavy atom. The summed E-state index contributed by atoms with van der Waals surface area (Å²) < 4.78 is 7.02. The van der Waals surface area contributed by atoms with Crippen LogP contribution in [0, 0.1) is 0 Å². The van der Waals surface area contributed by atoms with Crippen molar-refractivity contribution in [3.63, 3.8) is 0 Å². The summed E-state index contributed by atoms with van der Waals surface area (Å²) in [7, 11) is 1.63. The number of imidazole rings is 1. The number of methoxy groups -OCH3 is 1. The maximum atomic E-state index is 13.0. The summed E-state index contributed by atoms with van der Waals surface area (Å²) in [5.41, 5.74) is 2.36. The molecule has 128 valence electrons. The Kier molecular flexibility index (Phi) is 5.53. The van der Waals surface area contributed by atoms with Crippen molar-refractivity contribution in [3.8, 4) is 5.69 Å². The molecule has 0 unspecified atom stereocenters. The zero-order chi connectivity index (χ0) is 17.5. The third-order valence-electron chi connectivity index (χ3n) is 3.83. The van der Waals surface area contributed by atoms with Crippen molar-refractivity contribution in [1.29, 1.82) is 0 Å². The Labute approximate surface area is 146 Å². The number of hydrogen-bond donors (Lipinski definition) is 0. The minimum absolute atomic E-state index is 0.0512. The first kappa shape index (κ1) is 16.9. The number of carbonyl (C=O) groups is 1. The van der Waals surface area contributed by atoms with Gasteiger partial charge in [0.25, 0.3) is 5.91 Å². The number of aromatic nitrogens is 3. The highest BCUT2D eigenvalue weighted by atomic mass is 16.5. The molecular weight excluding hydrogens is 316 g/mol. The van der Waals surface area contributed by atoms with E-state index in [0.717, 1.165) is 11.4 Å². The molecule has 0 aliphatic carbocycles. The second kappa shape index (κ2) is 8.21. The van der Waals surface area contributed by atoms with E-state index in [0.29, 0.717) is 25.3 Å². The van der Waals surface area contributed by atoms with Gasteiger partial charge in [-0.05, 0) is 30.3 Å². The van der Waals surface area contributed by atoms with Crippen molar-refractivity contribution in [2.75, 3.05) is 20.3 Å². The van der Waals surface area contributed by atoms with E-state index in [1.165, 1.54) is 0 Å². The third-order valence-corrected chi connectivity index (χ3v) is 3.83. The molecule has 6 nitrogen and oxygen atoms in total. The lowest BCUT2D eigenvalue weighted by Crippen LogP contribution is -2.33. The predicted octanol–water partition coefficient (Wildman–Crippen LogP) is 2.56. The Balaban J connectivity index is 1.83. The molecule has 0 spiro atoms. The smallest absolute Gasteiger partial charge is 0.254 e. The van der Waals surface area contributed by atoms with E-state index in [4.69, 9.17) is 4.74 Å². The van der Waals surface area contributed by atoms with Crippen molar-refractivity contribution in [2.45, 2.75) is 6.54 Å². The van der Waals surface area contributed by atoms with Crippen molar-refractivity contribution < 1.29 is 9.53 Å². The monoisotopic (exact) mass is 336 g/mol. The maximum absolute atomic E-state index is 13.0. The third kappa shape index (κ3) is 4.30. The first-order valence-electron chi connectivity index (χ1n) is 8.04. The van der Waals surface area contributed by atoms with Crippen LogP contribution in [0.25, 0.3) is 5.69 Å². The molecule has 0 saturated carbocycles. The lowest BCUT2D eigenvalue weighted by Gasteiger charge is -2.22. The molecule has 0 aliphatic rings. The molecular formula is C19H20N4O2. The molecule has 2 heterocycles. The van der Waals surface area contributed by atoms with Gasteiger partial charge in [0.1, 0.15) is 0 Å². The fourth-order valence-electron chi connectivity index (χ4n) is 2.54. The molecule has 0 aliphatic heterocycles. The van der Waals surface area contributed by atoms with E-state index < -0.39 is 0 Å². The fourth-order valence-corrected chi connectivity index (χ4v) is 2.54. The van der Waals surface area contributed by atoms with Gasteiger partial charge in [0, 0.05) is 43.5 Å². The first-order valence-corrected chi connectivity index (χ1v) is 8.04. The average Bonchev–Trinajstić information content (AvgIpc) is 3.20. The van der Waals surface area contributed by atoms with Crippen LogP contribution in [0.5, 0.6) is 0 Å². The van der Waals surface area contributed by atoms with Gasteiger partial charge in [-0.1, -0.05) is 12.1 Å². The summed E-state index contributed by atoms with van der Waals surface area (Å²) in [5, 5.41) is 0. The van der Waals surface area contributed by atoms with Crippen LogP contribution in [0.2, 0.25) is 0 Å². The molecule has 3 aromatic rings. The Bertz CT molecular complexity index is 803. The van der Waals surface area contributed by atoms with E-state index in [1.807, 2.05) is 53.2 Å². The number of benzene rings is 1. The van der Waals surface area contributed by atoms with E-state index in [1.54, 1.807) is 30.7 Å². The molecule has 0 radical (unpaired) electrons. The van der Waals surface area contributed by atoms with Crippen LogP contribution in [0.1, 0.15) is 16.1 Å². The van der Waals surface area contributed by atoms with Gasteiger partial charge in [-0.3, -0.25) is 9.78 Å². The van der Waals surface area contributed by atoms with E-state index >= 15 is 0 Å². The molecule has 1 aromatic carbocycles. The highest BCUT2D eigenvalue weighted by Crippen LogP contribution is 2.14. The number of carbonyl (C=O) groups excluding carboxylic acids is 1. The highest BCUT2D eigenvalue weighted by molar-refractivity contribution is 5.94. The molecule has 2 aromatic heterocycles. The minimum Gasteiger partial charge on any atom is -0.383 e. The van der Waals surface area contributed by atoms with Crippen LogP contribution >= 0.6 is 0 Å². The fraction of sp³-hybridized carbons (Fsp3) is 0.211. The average molecular weight is 336 g/mol. The Morgan fingerprint density at radius 3 is 2.84 bits per heavy atom. The maximum Gasteiger partial charge on any atom is 0.254 e. The molecule has 0 bridgehead atoms. The summed E-state index contributed by atoms with van der Waals surface area (Å²) in [6, 6.07) is 13.2. The molecule has 25 heavy (non-hydrogen) atoms. The number of rotatable bonds is 7. The van der Waals surface area contributed by atoms with Crippen LogP contribution in [0.4, 0.5) is 0 Å². The van der Waals surface area contributed by atoms with Crippen molar-refractivity contribution in [2.24, 2.45) is 0 Å². The number of hydrogen-bond acceptors (Lipinski definition) is 4. The van der Waals surface area contributed by atoms with Gasteiger partial charge in [-0.25, -0.2) is 4.98 Å². The summed E-state index contributed by atoms with van der Waals surface area (Å²) in [5.74, 6) is -0.0512. The second-order valence-corrected chi connectivity index (χ2v) is 5.56. The van der Waals surface area contributed by atoms with E-state index in [2.05, 4.69) is 9.97 Å². The number of ether oxygens (including phenoxy) is 1. The topological polar surface area (TPSA) is 60.2 Å². The summed E-state index contributed by atoms with van der Waals surface area (Å²) in [6.45, 7) is 1.42. The van der Waals surface area contributed by atoms with Gasteiger partial charge in [0.2, 0.25) is 0 Å². The summed E-state index contributed by atoms with van der Waals surface area (Å²) in [6.07, 6.45) is 6.99. The second-order valence-electron chi connectivity index (χ2n) is 5.56. The Hall–Kier alpha value is -2.99. The quantitative estimate of drug-likeness (QED) is 0.665. The SMILES string of the molecule is COCCN(Cc1ccccn1)C(=O)c1cccc(-n2ccnc2)c1. The van der Waals surface area contributed by atoms with E-state index in [-0.39, 0.29) is 5.91 Å².